The first kappa shape index (κ1) is 17.7. The van der Waals surface area contributed by atoms with E-state index >= 15 is 0 Å². The molecule has 1 aromatic rings. The van der Waals surface area contributed by atoms with Gasteiger partial charge in [-0.15, -0.1) is 0 Å². The fraction of sp³-hybridized carbons (Fsp3) is 0.240. The van der Waals surface area contributed by atoms with Crippen LogP contribution in [0.15, 0.2) is 95.0 Å². The zero-order valence-corrected chi connectivity index (χ0v) is 16.5. The van der Waals surface area contributed by atoms with Crippen LogP contribution < -0.4 is 0 Å². The molecule has 0 N–H and O–H groups in total. The monoisotopic (exact) mass is 383 g/mol. The third kappa shape index (κ3) is 2.93. The second-order valence-corrected chi connectivity index (χ2v) is 7.52. The molecule has 0 amide bonds. The van der Waals surface area contributed by atoms with Crippen molar-refractivity contribution in [2.75, 3.05) is 20.2 Å². The summed E-state index contributed by atoms with van der Waals surface area (Å²) < 4.78 is 5.22. The second kappa shape index (κ2) is 7.23. The van der Waals surface area contributed by atoms with Crippen molar-refractivity contribution in [1.29, 1.82) is 0 Å². The third-order valence-corrected chi connectivity index (χ3v) is 5.92. The molecule has 2 aliphatic carbocycles. The van der Waals surface area contributed by atoms with E-state index in [1.165, 1.54) is 18.4 Å². The number of carbonyl (C=O) groups is 1. The first-order valence-electron chi connectivity index (χ1n) is 10.1. The van der Waals surface area contributed by atoms with E-state index in [-0.39, 0.29) is 12.0 Å². The Hall–Kier alpha value is -3.36. The minimum absolute atomic E-state index is 0.197. The fourth-order valence-electron chi connectivity index (χ4n) is 4.61. The van der Waals surface area contributed by atoms with Crippen LogP contribution in [0.1, 0.15) is 12.0 Å². The van der Waals surface area contributed by atoms with E-state index in [4.69, 9.17) is 4.74 Å². The van der Waals surface area contributed by atoms with Gasteiger partial charge in [0.05, 0.1) is 24.5 Å². The maximum atomic E-state index is 12.8. The van der Waals surface area contributed by atoms with Gasteiger partial charge >= 0.3 is 5.97 Å². The van der Waals surface area contributed by atoms with E-state index in [0.717, 1.165) is 42.0 Å². The summed E-state index contributed by atoms with van der Waals surface area (Å²) in [6.07, 6.45) is 17.6. The smallest absolute Gasteiger partial charge is 0.328 e. The third-order valence-electron chi connectivity index (χ3n) is 5.92. The molecule has 0 bridgehead atoms. The molecule has 144 valence electrons. The highest BCUT2D eigenvalue weighted by Gasteiger charge is 2.45. The van der Waals surface area contributed by atoms with Gasteiger partial charge in [0.1, 0.15) is 11.6 Å². The Labute approximate surface area is 171 Å². The maximum Gasteiger partial charge on any atom is 0.328 e. The van der Waals surface area contributed by atoms with E-state index in [9.17, 15) is 4.79 Å². The van der Waals surface area contributed by atoms with Gasteiger partial charge in [-0.05, 0) is 11.6 Å². The zero-order chi connectivity index (χ0) is 19.8. The number of nitrogens with zero attached hydrogens (tertiary/aromatic N) is 2. The van der Waals surface area contributed by atoms with Crippen LogP contribution in [0.25, 0.3) is 0 Å². The molecule has 0 spiro atoms. The Morgan fingerprint density at radius 1 is 1.21 bits per heavy atom. The normalized spacial score (nSPS) is 20.1. The molecule has 1 aromatic carbocycles. The van der Waals surface area contributed by atoms with Crippen molar-refractivity contribution in [3.63, 3.8) is 0 Å². The summed E-state index contributed by atoms with van der Waals surface area (Å²) in [4.78, 5) is 17.4. The van der Waals surface area contributed by atoms with Crippen molar-refractivity contribution < 1.29 is 9.53 Å². The van der Waals surface area contributed by atoms with Gasteiger partial charge in [-0.1, -0.05) is 42.5 Å². The Bertz CT molecular complexity index is 1020. The van der Waals surface area contributed by atoms with Crippen molar-refractivity contribution in [1.82, 2.24) is 9.80 Å². The van der Waals surface area contributed by atoms with E-state index < -0.39 is 0 Å². The number of hydrogen-bond acceptors (Lipinski definition) is 4. The average molecular weight is 383 g/mol. The fourth-order valence-corrected chi connectivity index (χ4v) is 4.61. The number of hydrogen-bond donors (Lipinski definition) is 0. The van der Waals surface area contributed by atoms with Crippen LogP contribution in [0.5, 0.6) is 0 Å². The van der Waals surface area contributed by atoms with Gasteiger partial charge < -0.3 is 14.5 Å². The van der Waals surface area contributed by atoms with Crippen molar-refractivity contribution in [2.24, 2.45) is 0 Å². The minimum atomic E-state index is -0.364. The highest BCUT2D eigenvalue weighted by atomic mass is 16.5. The molecule has 29 heavy (non-hydrogen) atoms. The number of fused-ring (bicyclic) bond motifs is 4. The van der Waals surface area contributed by atoms with Gasteiger partial charge in [-0.25, -0.2) is 4.79 Å². The van der Waals surface area contributed by atoms with Gasteiger partial charge in [0.15, 0.2) is 11.4 Å². The van der Waals surface area contributed by atoms with Crippen LogP contribution >= 0.6 is 0 Å². The van der Waals surface area contributed by atoms with Crippen LogP contribution in [0.3, 0.4) is 0 Å². The Morgan fingerprint density at radius 3 is 2.90 bits per heavy atom. The Balaban J connectivity index is 1.60. The minimum Gasteiger partial charge on any atom is -0.467 e. The SMILES string of the molecule is COC(=O)C(Cc1ccccc1)N1CCN2C3=CC=CCC3=C3[C+]=CC=CC3=C21. The van der Waals surface area contributed by atoms with E-state index in [1.807, 2.05) is 30.4 Å². The molecular formula is C25H23N2O2+. The molecule has 5 rings (SSSR count). The summed E-state index contributed by atoms with van der Waals surface area (Å²) in [5.74, 6) is 0.894. The number of rotatable bonds is 4. The van der Waals surface area contributed by atoms with Gasteiger partial charge in [0, 0.05) is 44.2 Å². The number of allylic oxidation sites excluding steroid dienone is 10. The number of esters is 1. The van der Waals surface area contributed by atoms with Crippen LogP contribution in [0.2, 0.25) is 0 Å². The van der Waals surface area contributed by atoms with Crippen molar-refractivity contribution >= 4 is 5.97 Å². The van der Waals surface area contributed by atoms with E-state index in [1.54, 1.807) is 0 Å². The van der Waals surface area contributed by atoms with Crippen molar-refractivity contribution in [3.05, 3.63) is 107 Å². The number of methoxy groups -OCH3 is 1. The molecule has 0 saturated carbocycles. The van der Waals surface area contributed by atoms with Gasteiger partial charge in [0.25, 0.3) is 0 Å². The summed E-state index contributed by atoms with van der Waals surface area (Å²) in [6.45, 7) is 1.64. The molecule has 4 aliphatic rings. The van der Waals surface area contributed by atoms with Crippen LogP contribution in [-0.2, 0) is 16.0 Å². The van der Waals surface area contributed by atoms with Crippen LogP contribution in [0, 0.1) is 6.08 Å². The lowest BCUT2D eigenvalue weighted by atomic mass is 9.86. The van der Waals surface area contributed by atoms with Crippen molar-refractivity contribution in [3.8, 4) is 0 Å². The summed E-state index contributed by atoms with van der Waals surface area (Å²) in [5.41, 5.74) is 5.96. The Kier molecular flexibility index (Phi) is 4.42. The predicted molar refractivity (Wildman–Crippen MR) is 112 cm³/mol. The summed E-state index contributed by atoms with van der Waals surface area (Å²) in [5, 5.41) is 0. The molecule has 1 saturated heterocycles. The molecular weight excluding hydrogens is 360 g/mol. The van der Waals surface area contributed by atoms with Gasteiger partial charge in [0.2, 0.25) is 0 Å². The van der Waals surface area contributed by atoms with E-state index in [2.05, 4.69) is 52.3 Å². The molecule has 0 radical (unpaired) electrons. The standard InChI is InChI=1S/C25H23N2O2/c1-29-25(28)23(17-18-9-3-2-4-10-18)27-16-15-26-22-14-8-7-12-20(22)19-11-5-6-13-21(19)24(26)27/h2-10,13-14,23H,12,15-17H2,1H3/q+1. The topological polar surface area (TPSA) is 32.8 Å². The lowest BCUT2D eigenvalue weighted by Crippen LogP contribution is -2.43. The molecule has 2 heterocycles. The predicted octanol–water partition coefficient (Wildman–Crippen LogP) is 3.68. The van der Waals surface area contributed by atoms with Crippen molar-refractivity contribution in [2.45, 2.75) is 18.9 Å². The van der Waals surface area contributed by atoms with Crippen LogP contribution in [-0.4, -0.2) is 42.0 Å². The molecule has 1 unspecified atom stereocenters. The molecule has 2 aliphatic heterocycles. The second-order valence-electron chi connectivity index (χ2n) is 7.52. The molecule has 4 heteroatoms. The molecule has 0 aromatic heterocycles. The highest BCUT2D eigenvalue weighted by molar-refractivity contribution is 5.77. The van der Waals surface area contributed by atoms with Gasteiger partial charge in [-0.3, -0.25) is 0 Å². The highest BCUT2D eigenvalue weighted by Crippen LogP contribution is 2.44. The number of carbonyl (C=O) groups excluding carboxylic acids is 1. The first-order valence-corrected chi connectivity index (χ1v) is 10.1. The lowest BCUT2D eigenvalue weighted by Gasteiger charge is -2.34. The Morgan fingerprint density at radius 2 is 2.07 bits per heavy atom. The average Bonchev–Trinajstić information content (AvgIpc) is 3.23. The maximum absolute atomic E-state index is 12.8. The summed E-state index contributed by atoms with van der Waals surface area (Å²) in [6, 6.07) is 9.79. The summed E-state index contributed by atoms with van der Waals surface area (Å²) in [7, 11) is 1.47. The molecule has 1 fully saturated rings. The lowest BCUT2D eigenvalue weighted by molar-refractivity contribution is -0.146. The molecule has 1 atom stereocenters. The largest absolute Gasteiger partial charge is 0.467 e. The molecule has 4 nitrogen and oxygen atoms in total. The number of benzene rings is 1. The van der Waals surface area contributed by atoms with E-state index in [0.29, 0.717) is 6.42 Å². The first-order chi connectivity index (χ1) is 14.3. The zero-order valence-electron chi connectivity index (χ0n) is 16.5. The quantitative estimate of drug-likeness (QED) is 0.587. The van der Waals surface area contributed by atoms with Gasteiger partial charge in [-0.2, -0.15) is 0 Å². The van der Waals surface area contributed by atoms with Crippen LogP contribution in [0.4, 0.5) is 0 Å². The number of ether oxygens (including phenoxy) is 1. The summed E-state index contributed by atoms with van der Waals surface area (Å²) >= 11 is 0.